The SMILES string of the molecule is NC(CC(=O)O)c1oc2ccccc2c1Br. The van der Waals surface area contributed by atoms with E-state index in [-0.39, 0.29) is 6.42 Å². The quantitative estimate of drug-likeness (QED) is 0.908. The van der Waals surface area contributed by atoms with Crippen molar-refractivity contribution >= 4 is 32.9 Å². The van der Waals surface area contributed by atoms with Gasteiger partial charge in [0.2, 0.25) is 0 Å². The highest BCUT2D eigenvalue weighted by molar-refractivity contribution is 9.10. The van der Waals surface area contributed by atoms with Crippen LogP contribution in [0.2, 0.25) is 0 Å². The number of rotatable bonds is 3. The van der Waals surface area contributed by atoms with Gasteiger partial charge in [-0.3, -0.25) is 4.79 Å². The molecule has 1 unspecified atom stereocenters. The molecule has 0 saturated heterocycles. The van der Waals surface area contributed by atoms with Gasteiger partial charge in [0.05, 0.1) is 16.9 Å². The van der Waals surface area contributed by atoms with Gasteiger partial charge >= 0.3 is 5.97 Å². The van der Waals surface area contributed by atoms with Crippen molar-refractivity contribution in [1.82, 2.24) is 0 Å². The largest absolute Gasteiger partial charge is 0.481 e. The molecule has 0 amide bonds. The van der Waals surface area contributed by atoms with E-state index in [0.29, 0.717) is 11.3 Å². The van der Waals surface area contributed by atoms with Crippen LogP contribution >= 0.6 is 15.9 Å². The van der Waals surface area contributed by atoms with Crippen molar-refractivity contribution in [1.29, 1.82) is 0 Å². The van der Waals surface area contributed by atoms with Gasteiger partial charge in [-0.25, -0.2) is 0 Å². The van der Waals surface area contributed by atoms with Crippen LogP contribution in [-0.2, 0) is 4.79 Å². The Labute approximate surface area is 100 Å². The third-order valence-electron chi connectivity index (χ3n) is 2.29. The summed E-state index contributed by atoms with van der Waals surface area (Å²) in [5.41, 5.74) is 6.46. The lowest BCUT2D eigenvalue weighted by Crippen LogP contribution is -2.14. The first-order valence-electron chi connectivity index (χ1n) is 4.74. The van der Waals surface area contributed by atoms with E-state index in [1.54, 1.807) is 0 Å². The molecule has 0 spiro atoms. The molecule has 0 aliphatic carbocycles. The third-order valence-corrected chi connectivity index (χ3v) is 3.11. The lowest BCUT2D eigenvalue weighted by atomic mass is 10.1. The number of hydrogen-bond donors (Lipinski definition) is 2. The van der Waals surface area contributed by atoms with Crippen LogP contribution in [0.25, 0.3) is 11.0 Å². The monoisotopic (exact) mass is 283 g/mol. The molecule has 0 radical (unpaired) electrons. The summed E-state index contributed by atoms with van der Waals surface area (Å²) in [4.78, 5) is 10.6. The molecule has 0 fully saturated rings. The van der Waals surface area contributed by atoms with Crippen molar-refractivity contribution in [2.45, 2.75) is 12.5 Å². The van der Waals surface area contributed by atoms with E-state index < -0.39 is 12.0 Å². The first-order valence-corrected chi connectivity index (χ1v) is 5.53. The minimum absolute atomic E-state index is 0.154. The average molecular weight is 284 g/mol. The molecular weight excluding hydrogens is 274 g/mol. The predicted molar refractivity (Wildman–Crippen MR) is 63.1 cm³/mol. The highest BCUT2D eigenvalue weighted by Gasteiger charge is 2.20. The molecule has 84 valence electrons. The third kappa shape index (κ3) is 1.96. The summed E-state index contributed by atoms with van der Waals surface area (Å²) >= 11 is 3.38. The minimum Gasteiger partial charge on any atom is -0.481 e. The molecule has 0 saturated carbocycles. The number of carboxylic acid groups (broad SMARTS) is 1. The maximum absolute atomic E-state index is 10.6. The highest BCUT2D eigenvalue weighted by atomic mass is 79.9. The zero-order valence-electron chi connectivity index (χ0n) is 8.31. The van der Waals surface area contributed by atoms with Crippen molar-refractivity contribution in [3.63, 3.8) is 0 Å². The van der Waals surface area contributed by atoms with Crippen LogP contribution in [0.1, 0.15) is 18.2 Å². The van der Waals surface area contributed by atoms with E-state index >= 15 is 0 Å². The van der Waals surface area contributed by atoms with E-state index in [0.717, 1.165) is 9.86 Å². The maximum Gasteiger partial charge on any atom is 0.305 e. The van der Waals surface area contributed by atoms with Crippen LogP contribution in [-0.4, -0.2) is 11.1 Å². The molecule has 1 atom stereocenters. The minimum atomic E-state index is -0.945. The van der Waals surface area contributed by atoms with Crippen molar-refractivity contribution in [3.05, 3.63) is 34.5 Å². The Bertz CT molecular complexity index is 535. The standard InChI is InChI=1S/C11H10BrNO3/c12-10-6-3-1-2-4-8(6)16-11(10)7(13)5-9(14)15/h1-4,7H,5,13H2,(H,14,15). The zero-order valence-corrected chi connectivity index (χ0v) is 9.90. The molecule has 2 aromatic rings. The molecule has 16 heavy (non-hydrogen) atoms. The highest BCUT2D eigenvalue weighted by Crippen LogP contribution is 2.34. The Morgan fingerprint density at radius 3 is 2.81 bits per heavy atom. The van der Waals surface area contributed by atoms with Gasteiger partial charge in [-0.15, -0.1) is 0 Å². The number of para-hydroxylation sites is 1. The fourth-order valence-corrected chi connectivity index (χ4v) is 2.25. The van der Waals surface area contributed by atoms with Gasteiger partial charge in [-0.2, -0.15) is 0 Å². The van der Waals surface area contributed by atoms with E-state index in [2.05, 4.69) is 15.9 Å². The molecule has 1 aromatic heterocycles. The summed E-state index contributed by atoms with van der Waals surface area (Å²) in [5, 5.41) is 9.58. The summed E-state index contributed by atoms with van der Waals surface area (Å²) in [6.45, 7) is 0. The van der Waals surface area contributed by atoms with E-state index in [1.807, 2.05) is 24.3 Å². The summed E-state index contributed by atoms with van der Waals surface area (Å²) in [7, 11) is 0. The summed E-state index contributed by atoms with van der Waals surface area (Å²) < 4.78 is 6.26. The smallest absolute Gasteiger partial charge is 0.305 e. The van der Waals surface area contributed by atoms with Gasteiger partial charge in [0.15, 0.2) is 0 Å². The topological polar surface area (TPSA) is 76.5 Å². The molecule has 2 rings (SSSR count). The summed E-state index contributed by atoms with van der Waals surface area (Å²) in [6, 6.07) is 6.80. The normalized spacial score (nSPS) is 12.9. The summed E-state index contributed by atoms with van der Waals surface area (Å²) in [6.07, 6.45) is -0.154. The Morgan fingerprint density at radius 2 is 2.19 bits per heavy atom. The Kier molecular flexibility index (Phi) is 2.98. The predicted octanol–water partition coefficient (Wildman–Crippen LogP) is 2.67. The van der Waals surface area contributed by atoms with Gasteiger partial charge in [0, 0.05) is 5.39 Å². The Balaban J connectivity index is 2.45. The van der Waals surface area contributed by atoms with Gasteiger partial charge < -0.3 is 15.3 Å². The van der Waals surface area contributed by atoms with E-state index in [4.69, 9.17) is 15.3 Å². The van der Waals surface area contributed by atoms with Crippen molar-refractivity contribution in [2.75, 3.05) is 0 Å². The van der Waals surface area contributed by atoms with Crippen molar-refractivity contribution in [3.8, 4) is 0 Å². The lowest BCUT2D eigenvalue weighted by Gasteiger charge is -2.05. The second kappa shape index (κ2) is 4.27. The average Bonchev–Trinajstić information content (AvgIpc) is 2.56. The molecular formula is C11H10BrNO3. The molecule has 1 heterocycles. The number of carboxylic acids is 1. The van der Waals surface area contributed by atoms with Crippen molar-refractivity contribution < 1.29 is 14.3 Å². The van der Waals surface area contributed by atoms with Crippen LogP contribution in [0.3, 0.4) is 0 Å². The number of fused-ring (bicyclic) bond motifs is 1. The fourth-order valence-electron chi connectivity index (χ4n) is 1.55. The maximum atomic E-state index is 10.6. The van der Waals surface area contributed by atoms with E-state index in [1.165, 1.54) is 0 Å². The van der Waals surface area contributed by atoms with Gasteiger partial charge in [0.1, 0.15) is 11.3 Å². The second-order valence-electron chi connectivity index (χ2n) is 3.48. The van der Waals surface area contributed by atoms with E-state index in [9.17, 15) is 4.79 Å². The number of benzene rings is 1. The van der Waals surface area contributed by atoms with Gasteiger partial charge in [0.25, 0.3) is 0 Å². The number of aliphatic carboxylic acids is 1. The number of halogens is 1. The Hall–Kier alpha value is -1.33. The molecule has 1 aromatic carbocycles. The number of hydrogen-bond acceptors (Lipinski definition) is 3. The molecule has 4 nitrogen and oxygen atoms in total. The molecule has 5 heteroatoms. The van der Waals surface area contributed by atoms with Crippen LogP contribution in [0.5, 0.6) is 0 Å². The first-order chi connectivity index (χ1) is 7.59. The molecule has 0 aliphatic rings. The first kappa shape index (κ1) is 11.2. The van der Waals surface area contributed by atoms with Crippen LogP contribution in [0, 0.1) is 0 Å². The second-order valence-corrected chi connectivity index (χ2v) is 4.27. The van der Waals surface area contributed by atoms with Crippen molar-refractivity contribution in [2.24, 2.45) is 5.73 Å². The van der Waals surface area contributed by atoms with Gasteiger partial charge in [-0.1, -0.05) is 12.1 Å². The number of nitrogens with two attached hydrogens (primary N) is 1. The number of furan rings is 1. The lowest BCUT2D eigenvalue weighted by molar-refractivity contribution is -0.137. The van der Waals surface area contributed by atoms with Crippen LogP contribution in [0.15, 0.2) is 33.2 Å². The molecule has 3 N–H and O–H groups in total. The molecule has 0 aliphatic heterocycles. The molecule has 0 bridgehead atoms. The number of carbonyl (C=O) groups is 1. The fraction of sp³-hybridized carbons (Fsp3) is 0.182. The van der Waals surface area contributed by atoms with Crippen LogP contribution in [0.4, 0.5) is 0 Å². The summed E-state index contributed by atoms with van der Waals surface area (Å²) in [5.74, 6) is -0.469. The zero-order chi connectivity index (χ0) is 11.7. The van der Waals surface area contributed by atoms with Gasteiger partial charge in [-0.05, 0) is 28.1 Å². The Morgan fingerprint density at radius 1 is 1.50 bits per heavy atom. The van der Waals surface area contributed by atoms with Crippen LogP contribution < -0.4 is 5.73 Å².